The van der Waals surface area contributed by atoms with Crippen LogP contribution in [0, 0.1) is 17.8 Å². The van der Waals surface area contributed by atoms with Crippen molar-refractivity contribution in [2.75, 3.05) is 0 Å². The van der Waals surface area contributed by atoms with Crippen LogP contribution in [-0.4, -0.2) is 11.6 Å². The molecule has 0 amide bonds. The fourth-order valence-corrected chi connectivity index (χ4v) is 2.37. The maximum Gasteiger partial charge on any atom is 0.139 e. The Labute approximate surface area is 66.0 Å². The molecule has 2 nitrogen and oxygen atoms in total. The molecule has 2 saturated carbocycles. The fourth-order valence-electron chi connectivity index (χ4n) is 2.37. The van der Waals surface area contributed by atoms with Crippen LogP contribution in [-0.2, 0) is 9.59 Å². The van der Waals surface area contributed by atoms with Gasteiger partial charge in [-0.3, -0.25) is 9.59 Å². The van der Waals surface area contributed by atoms with E-state index >= 15 is 0 Å². The van der Waals surface area contributed by atoms with Crippen LogP contribution in [0.15, 0.2) is 0 Å². The number of hydrogen-bond acceptors (Lipinski definition) is 2. The third kappa shape index (κ3) is 0.849. The average molecular weight is 152 g/mol. The van der Waals surface area contributed by atoms with Crippen LogP contribution in [0.25, 0.3) is 0 Å². The molecule has 11 heavy (non-hydrogen) atoms. The summed E-state index contributed by atoms with van der Waals surface area (Å²) in [6, 6.07) is 0. The zero-order valence-corrected chi connectivity index (χ0v) is 6.67. The molecule has 0 aromatic heterocycles. The highest BCUT2D eigenvalue weighted by Crippen LogP contribution is 2.41. The van der Waals surface area contributed by atoms with Gasteiger partial charge in [0.05, 0.1) is 0 Å². The lowest BCUT2D eigenvalue weighted by Crippen LogP contribution is -2.19. The molecule has 0 spiro atoms. The average Bonchev–Trinajstić information content (AvgIpc) is 2.24. The Kier molecular flexibility index (Phi) is 1.38. The van der Waals surface area contributed by atoms with Gasteiger partial charge in [0.25, 0.3) is 0 Å². The predicted molar refractivity (Wildman–Crippen MR) is 40.0 cm³/mol. The minimum atomic E-state index is 0.0231. The van der Waals surface area contributed by atoms with Gasteiger partial charge in [0.2, 0.25) is 0 Å². The maximum absolute atomic E-state index is 11.4. The molecule has 0 aromatic rings. The third-order valence-corrected chi connectivity index (χ3v) is 3.15. The number of fused-ring (bicyclic) bond motifs is 2. The fraction of sp³-hybridized carbons (Fsp3) is 0.778. The second-order valence-electron chi connectivity index (χ2n) is 3.74. The lowest BCUT2D eigenvalue weighted by atomic mass is 9.86. The molecule has 2 heteroatoms. The number of carbonyl (C=O) groups is 2. The third-order valence-electron chi connectivity index (χ3n) is 3.15. The van der Waals surface area contributed by atoms with Crippen LogP contribution in [0.2, 0.25) is 0 Å². The van der Waals surface area contributed by atoms with E-state index in [1.165, 1.54) is 0 Å². The Morgan fingerprint density at radius 1 is 1.36 bits per heavy atom. The second-order valence-corrected chi connectivity index (χ2v) is 3.74. The smallest absolute Gasteiger partial charge is 0.139 e. The van der Waals surface area contributed by atoms with Crippen LogP contribution in [0.1, 0.15) is 26.2 Å². The molecule has 2 bridgehead atoms. The molecular weight excluding hydrogens is 140 g/mol. The lowest BCUT2D eigenvalue weighted by Gasteiger charge is -2.16. The van der Waals surface area contributed by atoms with Crippen molar-refractivity contribution in [3.05, 3.63) is 0 Å². The molecule has 3 atom stereocenters. The summed E-state index contributed by atoms with van der Waals surface area (Å²) in [5.74, 6) is 0.990. The minimum Gasteiger partial charge on any atom is -0.299 e. The Hall–Kier alpha value is -0.660. The number of rotatable bonds is 0. The van der Waals surface area contributed by atoms with E-state index < -0.39 is 0 Å². The number of hydrogen-bond donors (Lipinski definition) is 0. The molecule has 0 heterocycles. The van der Waals surface area contributed by atoms with E-state index in [4.69, 9.17) is 0 Å². The van der Waals surface area contributed by atoms with Crippen LogP contribution in [0.5, 0.6) is 0 Å². The first kappa shape index (κ1) is 7.01. The number of ketones is 2. The van der Waals surface area contributed by atoms with Crippen LogP contribution >= 0.6 is 0 Å². The quantitative estimate of drug-likeness (QED) is 0.522. The van der Waals surface area contributed by atoms with Crippen molar-refractivity contribution in [2.24, 2.45) is 17.8 Å². The standard InChI is InChI=1S/C9H12O2/c1-5-7-4-6(9(5)11)2-3-8(7)10/h5-7H,2-4H2,1H3. The van der Waals surface area contributed by atoms with Crippen molar-refractivity contribution in [1.82, 2.24) is 0 Å². The van der Waals surface area contributed by atoms with E-state index in [-0.39, 0.29) is 17.8 Å². The van der Waals surface area contributed by atoms with Crippen molar-refractivity contribution in [2.45, 2.75) is 26.2 Å². The Morgan fingerprint density at radius 3 is 2.73 bits per heavy atom. The molecule has 0 radical (unpaired) electrons. The topological polar surface area (TPSA) is 34.1 Å². The zero-order valence-electron chi connectivity index (χ0n) is 6.67. The molecule has 60 valence electrons. The summed E-state index contributed by atoms with van der Waals surface area (Å²) in [6.45, 7) is 1.90. The highest BCUT2D eigenvalue weighted by Gasteiger charge is 2.45. The van der Waals surface area contributed by atoms with Gasteiger partial charge in [0, 0.05) is 24.2 Å². The maximum atomic E-state index is 11.4. The van der Waals surface area contributed by atoms with Gasteiger partial charge in [-0.25, -0.2) is 0 Å². The molecule has 2 rings (SSSR count). The van der Waals surface area contributed by atoms with Crippen LogP contribution < -0.4 is 0 Å². The van der Waals surface area contributed by atoms with Crippen LogP contribution in [0.4, 0.5) is 0 Å². The monoisotopic (exact) mass is 152 g/mol. The molecular formula is C9H12O2. The van der Waals surface area contributed by atoms with Crippen molar-refractivity contribution < 1.29 is 9.59 Å². The molecule has 0 saturated heterocycles. The van der Waals surface area contributed by atoms with E-state index in [1.807, 2.05) is 6.92 Å². The molecule has 2 aliphatic rings. The van der Waals surface area contributed by atoms with Crippen molar-refractivity contribution in [3.63, 3.8) is 0 Å². The number of carbonyl (C=O) groups excluding carboxylic acids is 2. The van der Waals surface area contributed by atoms with Crippen molar-refractivity contribution in [3.8, 4) is 0 Å². The molecule has 2 aliphatic carbocycles. The van der Waals surface area contributed by atoms with E-state index in [1.54, 1.807) is 0 Å². The lowest BCUT2D eigenvalue weighted by molar-refractivity contribution is -0.126. The summed E-state index contributed by atoms with van der Waals surface area (Å²) in [6.07, 6.45) is 2.31. The minimum absolute atomic E-state index is 0.0231. The largest absolute Gasteiger partial charge is 0.299 e. The van der Waals surface area contributed by atoms with Gasteiger partial charge in [-0.1, -0.05) is 6.92 Å². The van der Waals surface area contributed by atoms with Gasteiger partial charge in [-0.2, -0.15) is 0 Å². The first-order valence-electron chi connectivity index (χ1n) is 4.26. The summed E-state index contributed by atoms with van der Waals surface area (Å²) in [7, 11) is 0. The van der Waals surface area contributed by atoms with E-state index in [2.05, 4.69) is 0 Å². The molecule has 0 aromatic carbocycles. The molecule has 2 fully saturated rings. The Morgan fingerprint density at radius 2 is 2.09 bits per heavy atom. The Balaban J connectivity index is 2.29. The van der Waals surface area contributed by atoms with E-state index in [0.717, 1.165) is 12.8 Å². The molecule has 0 aliphatic heterocycles. The van der Waals surface area contributed by atoms with Gasteiger partial charge in [0.1, 0.15) is 11.6 Å². The van der Waals surface area contributed by atoms with Gasteiger partial charge in [0.15, 0.2) is 0 Å². The van der Waals surface area contributed by atoms with Gasteiger partial charge in [-0.15, -0.1) is 0 Å². The Bertz CT molecular complexity index is 220. The first-order chi connectivity index (χ1) is 5.20. The SMILES string of the molecule is CC1C(=O)C2CCC(=O)C1C2. The molecule has 0 N–H and O–H groups in total. The highest BCUT2D eigenvalue weighted by molar-refractivity contribution is 5.96. The second kappa shape index (κ2) is 2.16. The van der Waals surface area contributed by atoms with E-state index in [0.29, 0.717) is 18.0 Å². The predicted octanol–water partition coefficient (Wildman–Crippen LogP) is 1.19. The first-order valence-corrected chi connectivity index (χ1v) is 4.26. The van der Waals surface area contributed by atoms with Gasteiger partial charge < -0.3 is 0 Å². The van der Waals surface area contributed by atoms with Gasteiger partial charge >= 0.3 is 0 Å². The summed E-state index contributed by atoms with van der Waals surface area (Å²) >= 11 is 0. The zero-order chi connectivity index (χ0) is 8.01. The van der Waals surface area contributed by atoms with Crippen molar-refractivity contribution >= 4 is 11.6 Å². The van der Waals surface area contributed by atoms with Crippen molar-refractivity contribution in [1.29, 1.82) is 0 Å². The summed E-state index contributed by atoms with van der Waals surface area (Å²) in [5, 5.41) is 0. The van der Waals surface area contributed by atoms with Crippen LogP contribution in [0.3, 0.4) is 0 Å². The summed E-state index contributed by atoms with van der Waals surface area (Å²) < 4.78 is 0. The van der Waals surface area contributed by atoms with E-state index in [9.17, 15) is 9.59 Å². The molecule has 3 unspecified atom stereocenters. The summed E-state index contributed by atoms with van der Waals surface area (Å²) in [4.78, 5) is 22.6. The normalized spacial score (nSPS) is 43.2. The summed E-state index contributed by atoms with van der Waals surface area (Å²) in [5.41, 5.74) is 0. The highest BCUT2D eigenvalue weighted by atomic mass is 16.1. The number of Topliss-reactive ketones (excluding diaryl/α,β-unsaturated/α-hetero) is 2. The van der Waals surface area contributed by atoms with Gasteiger partial charge in [-0.05, 0) is 12.8 Å².